The highest BCUT2D eigenvalue weighted by atomic mass is 16.3. The van der Waals surface area contributed by atoms with Gasteiger partial charge in [0.15, 0.2) is 5.78 Å². The third kappa shape index (κ3) is 6.81. The lowest BCUT2D eigenvalue weighted by Crippen LogP contribution is -2.12. The number of benzene rings is 3. The number of carbonyl (C=O) groups is 1. The van der Waals surface area contributed by atoms with Crippen LogP contribution < -0.4 is 17.2 Å². The summed E-state index contributed by atoms with van der Waals surface area (Å²) < 4.78 is 2.94. The van der Waals surface area contributed by atoms with Gasteiger partial charge in [-0.3, -0.25) is 4.79 Å². The highest BCUT2D eigenvalue weighted by molar-refractivity contribution is 6.24. The van der Waals surface area contributed by atoms with Crippen molar-refractivity contribution in [1.29, 1.82) is 0 Å². The first kappa shape index (κ1) is 29.5. The van der Waals surface area contributed by atoms with E-state index in [0.717, 1.165) is 16.3 Å². The molecule has 0 radical (unpaired) electrons. The Morgan fingerprint density at radius 3 is 2.02 bits per heavy atom. The third-order valence-electron chi connectivity index (χ3n) is 6.26. The lowest BCUT2D eigenvalue weighted by molar-refractivity contribution is 0.104. The van der Waals surface area contributed by atoms with E-state index >= 15 is 0 Å². The molecule has 5 aromatic rings. The van der Waals surface area contributed by atoms with Gasteiger partial charge < -0.3 is 32.5 Å². The minimum Gasteiger partial charge on any atom is -0.507 e. The number of rotatable bonds is 5. The number of phenolic OH excluding ortho intramolecular Hbond substituents is 1. The third-order valence-corrected chi connectivity index (χ3v) is 6.26. The smallest absolute Gasteiger partial charge is 0.186 e. The molecule has 0 saturated carbocycles. The van der Waals surface area contributed by atoms with E-state index in [0.29, 0.717) is 53.1 Å². The van der Waals surface area contributed by atoms with Crippen LogP contribution >= 0.6 is 0 Å². The highest BCUT2D eigenvalue weighted by Crippen LogP contribution is 2.25. The van der Waals surface area contributed by atoms with Crippen molar-refractivity contribution in [1.82, 2.24) is 19.6 Å². The number of anilines is 3. The first-order chi connectivity index (χ1) is 20.3. The zero-order chi connectivity index (χ0) is 30.1. The molecule has 0 unspecified atom stereocenters. The monoisotopic (exact) mass is 568 g/mol. The number of phenols is 1. The zero-order valence-electron chi connectivity index (χ0n) is 22.7. The number of ketones is 1. The lowest BCUT2D eigenvalue weighted by Gasteiger charge is -2.11. The number of aliphatic imine (C=N–C) groups is 1. The summed E-state index contributed by atoms with van der Waals surface area (Å²) in [7, 11) is 0. The number of fused-ring (bicyclic) bond motifs is 2. The van der Waals surface area contributed by atoms with Gasteiger partial charge in [-0.2, -0.15) is 10.2 Å². The fraction of sp³-hybridized carbons (Fsp3) is 0.133. The van der Waals surface area contributed by atoms with Crippen molar-refractivity contribution < 1.29 is 20.1 Å². The number of nitrogens with two attached hydrogens (primary N) is 3. The molecule has 1 aliphatic rings. The Morgan fingerprint density at radius 1 is 0.738 bits per heavy atom. The Balaban J connectivity index is 0.000000162. The lowest BCUT2D eigenvalue weighted by atomic mass is 9.94. The van der Waals surface area contributed by atoms with Gasteiger partial charge in [0.2, 0.25) is 0 Å². The number of nitrogen functional groups attached to an aromatic ring is 3. The van der Waals surface area contributed by atoms with Crippen LogP contribution in [0, 0.1) is 0 Å². The molecule has 2 heterocycles. The van der Waals surface area contributed by atoms with E-state index in [1.165, 1.54) is 21.6 Å². The molecule has 0 saturated heterocycles. The number of aromatic nitrogens is 4. The molecule has 12 nitrogen and oxygen atoms in total. The van der Waals surface area contributed by atoms with E-state index in [1.807, 2.05) is 54.6 Å². The molecule has 6 rings (SSSR count). The Morgan fingerprint density at radius 2 is 1.36 bits per heavy atom. The molecule has 0 atom stereocenters. The summed E-state index contributed by atoms with van der Waals surface area (Å²) in [5.74, 6) is 1.12. The van der Waals surface area contributed by atoms with Gasteiger partial charge in [0, 0.05) is 16.5 Å². The van der Waals surface area contributed by atoms with E-state index in [4.69, 9.17) is 27.4 Å². The molecule has 0 amide bonds. The first-order valence-electron chi connectivity index (χ1n) is 13.0. The number of aromatic hydroxyl groups is 1. The predicted octanol–water partition coefficient (Wildman–Crippen LogP) is 2.92. The quantitative estimate of drug-likeness (QED) is 0.184. The number of allylic oxidation sites excluding steroid dienone is 2. The van der Waals surface area contributed by atoms with E-state index < -0.39 is 0 Å². The molecule has 0 aliphatic heterocycles. The molecule has 0 bridgehead atoms. The Bertz CT molecular complexity index is 1730. The standard InChI is InChI=1S/C15H14N4O2.C10H8O.C5H10N4O/c16-15-13(9-17-19(15)7-8-20)18-12-5-6-14(21)11-4-2-1-3-10(11)12;11-10-7-3-5-8-4-1-2-6-9(8)10;6-4-3-8-9(1-2-10)5(4)7/h1-6,9,20H,7-8,16H2;1-7,11H;3,10H,1-2,6-7H2. The Labute approximate surface area is 241 Å². The van der Waals surface area contributed by atoms with E-state index in [2.05, 4.69) is 15.2 Å². The van der Waals surface area contributed by atoms with Crippen molar-refractivity contribution in [2.24, 2.45) is 4.99 Å². The van der Waals surface area contributed by atoms with Crippen LogP contribution in [-0.4, -0.2) is 59.6 Å². The zero-order valence-corrected chi connectivity index (χ0v) is 22.7. The van der Waals surface area contributed by atoms with Gasteiger partial charge in [0.05, 0.1) is 50.1 Å². The van der Waals surface area contributed by atoms with E-state index in [-0.39, 0.29) is 19.0 Å². The van der Waals surface area contributed by atoms with Crippen molar-refractivity contribution in [3.05, 3.63) is 102 Å². The fourth-order valence-electron chi connectivity index (χ4n) is 4.12. The number of carbonyl (C=O) groups excluding carboxylic acids is 1. The molecule has 1 aliphatic carbocycles. The minimum atomic E-state index is -0.0425. The SMILES string of the molecule is Nc1c(N=C2C=CC(=O)c3ccccc32)cnn1CCO.Nc1cnn(CCO)c1N.Oc1cccc2ccccc12. The summed E-state index contributed by atoms with van der Waals surface area (Å²) in [5.41, 5.74) is 19.8. The molecule has 42 heavy (non-hydrogen) atoms. The van der Waals surface area contributed by atoms with Gasteiger partial charge >= 0.3 is 0 Å². The van der Waals surface area contributed by atoms with Crippen LogP contribution in [0.2, 0.25) is 0 Å². The Hall–Kier alpha value is -5.46. The van der Waals surface area contributed by atoms with Gasteiger partial charge in [-0.05, 0) is 23.6 Å². The largest absolute Gasteiger partial charge is 0.507 e. The van der Waals surface area contributed by atoms with Crippen molar-refractivity contribution in [2.45, 2.75) is 13.1 Å². The van der Waals surface area contributed by atoms with Crippen LogP contribution in [0.25, 0.3) is 10.8 Å². The maximum Gasteiger partial charge on any atom is 0.186 e. The normalized spacial score (nSPS) is 12.8. The fourth-order valence-corrected chi connectivity index (χ4v) is 4.12. The van der Waals surface area contributed by atoms with Crippen LogP contribution in [0.1, 0.15) is 15.9 Å². The molecule has 0 spiro atoms. The highest BCUT2D eigenvalue weighted by Gasteiger charge is 2.17. The molecular formula is C30H32N8O4. The topological polar surface area (TPSA) is 204 Å². The molecule has 2 aromatic heterocycles. The second kappa shape index (κ2) is 13.7. The van der Waals surface area contributed by atoms with Crippen molar-refractivity contribution in [3.8, 4) is 5.75 Å². The number of hydrogen-bond acceptors (Lipinski definition) is 10. The molecule has 3 aromatic carbocycles. The summed E-state index contributed by atoms with van der Waals surface area (Å²) in [6.45, 7) is 0.690. The molecular weight excluding hydrogens is 536 g/mol. The minimum absolute atomic E-state index is 0.0192. The van der Waals surface area contributed by atoms with Crippen molar-refractivity contribution in [2.75, 3.05) is 30.4 Å². The van der Waals surface area contributed by atoms with Crippen molar-refractivity contribution >= 4 is 45.3 Å². The van der Waals surface area contributed by atoms with Crippen LogP contribution in [0.5, 0.6) is 5.75 Å². The number of hydrogen-bond donors (Lipinski definition) is 6. The summed E-state index contributed by atoms with van der Waals surface area (Å²) in [5, 5.41) is 36.7. The molecule has 216 valence electrons. The van der Waals surface area contributed by atoms with Gasteiger partial charge in [-0.25, -0.2) is 14.4 Å². The van der Waals surface area contributed by atoms with E-state index in [9.17, 15) is 9.90 Å². The second-order valence-corrected chi connectivity index (χ2v) is 9.03. The molecule has 9 N–H and O–H groups in total. The van der Waals surface area contributed by atoms with Crippen LogP contribution in [0.15, 0.2) is 96.3 Å². The predicted molar refractivity (Wildman–Crippen MR) is 164 cm³/mol. The number of aliphatic hydroxyl groups is 2. The summed E-state index contributed by atoms with van der Waals surface area (Å²) in [6, 6.07) is 20.6. The first-order valence-corrected chi connectivity index (χ1v) is 13.0. The van der Waals surface area contributed by atoms with Gasteiger partial charge in [0.25, 0.3) is 0 Å². The molecule has 12 heteroatoms. The number of nitrogens with zero attached hydrogens (tertiary/aromatic N) is 5. The van der Waals surface area contributed by atoms with Gasteiger partial charge in [-0.15, -0.1) is 0 Å². The van der Waals surface area contributed by atoms with Crippen LogP contribution in [0.3, 0.4) is 0 Å². The second-order valence-electron chi connectivity index (χ2n) is 9.03. The van der Waals surface area contributed by atoms with E-state index in [1.54, 1.807) is 24.4 Å². The summed E-state index contributed by atoms with van der Waals surface area (Å²) in [4.78, 5) is 16.3. The summed E-state index contributed by atoms with van der Waals surface area (Å²) >= 11 is 0. The number of aliphatic hydroxyl groups excluding tert-OH is 2. The van der Waals surface area contributed by atoms with Crippen LogP contribution in [-0.2, 0) is 13.1 Å². The average Bonchev–Trinajstić information content (AvgIpc) is 3.52. The molecule has 0 fully saturated rings. The Kier molecular flexibility index (Phi) is 9.66. The van der Waals surface area contributed by atoms with Crippen LogP contribution in [0.4, 0.5) is 23.0 Å². The van der Waals surface area contributed by atoms with Gasteiger partial charge in [-0.1, -0.05) is 60.7 Å². The summed E-state index contributed by atoms with van der Waals surface area (Å²) in [6.07, 6.45) is 6.18. The van der Waals surface area contributed by atoms with Crippen molar-refractivity contribution in [3.63, 3.8) is 0 Å². The maximum absolute atomic E-state index is 11.8. The average molecular weight is 569 g/mol. The van der Waals surface area contributed by atoms with Gasteiger partial charge in [0.1, 0.15) is 23.1 Å². The maximum atomic E-state index is 11.8.